The summed E-state index contributed by atoms with van der Waals surface area (Å²) in [6, 6.07) is 5.88. The number of halogens is 1. The second-order valence-corrected chi connectivity index (χ2v) is 4.37. The fourth-order valence-corrected chi connectivity index (χ4v) is 1.74. The summed E-state index contributed by atoms with van der Waals surface area (Å²) in [6.07, 6.45) is 0.174. The van der Waals surface area contributed by atoms with E-state index in [4.69, 9.17) is 21.4 Å². The lowest BCUT2D eigenvalue weighted by atomic mass is 10.1. The van der Waals surface area contributed by atoms with Crippen LogP contribution in [-0.4, -0.2) is 36.2 Å². The van der Waals surface area contributed by atoms with Gasteiger partial charge in [-0.25, -0.2) is 4.79 Å². The molecule has 1 rings (SSSR count). The predicted octanol–water partition coefficient (Wildman–Crippen LogP) is 1.49. The van der Waals surface area contributed by atoms with E-state index in [-0.39, 0.29) is 13.0 Å². The van der Waals surface area contributed by atoms with Crippen LogP contribution < -0.4 is 5.32 Å². The molecular formula is C13H16ClNO4. The Labute approximate surface area is 116 Å². The summed E-state index contributed by atoms with van der Waals surface area (Å²) < 4.78 is 4.92. The molecule has 1 aromatic carbocycles. The minimum atomic E-state index is -1.09. The maximum Gasteiger partial charge on any atom is 0.326 e. The third-order valence-corrected chi connectivity index (χ3v) is 2.63. The first-order valence-electron chi connectivity index (χ1n) is 5.87. The zero-order valence-corrected chi connectivity index (χ0v) is 11.3. The number of nitrogens with one attached hydrogen (secondary N) is 1. The Morgan fingerprint density at radius 3 is 2.79 bits per heavy atom. The van der Waals surface area contributed by atoms with Crippen LogP contribution in [0.15, 0.2) is 24.3 Å². The van der Waals surface area contributed by atoms with Gasteiger partial charge in [0.2, 0.25) is 5.91 Å². The van der Waals surface area contributed by atoms with Gasteiger partial charge in [0.1, 0.15) is 12.6 Å². The molecular weight excluding hydrogens is 270 g/mol. The molecule has 0 bridgehead atoms. The van der Waals surface area contributed by atoms with Crippen molar-refractivity contribution in [1.29, 1.82) is 0 Å². The lowest BCUT2D eigenvalue weighted by Crippen LogP contribution is -2.43. The number of aliphatic carboxylic acids is 1. The molecule has 19 heavy (non-hydrogen) atoms. The SMILES string of the molecule is CCOCC(=O)N[C@@H](Cc1cccc(Cl)c1)C(=O)O. The van der Waals surface area contributed by atoms with E-state index in [2.05, 4.69) is 5.32 Å². The van der Waals surface area contributed by atoms with Crippen molar-refractivity contribution in [2.75, 3.05) is 13.2 Å². The van der Waals surface area contributed by atoms with E-state index in [9.17, 15) is 9.59 Å². The van der Waals surface area contributed by atoms with Gasteiger partial charge in [0.05, 0.1) is 0 Å². The van der Waals surface area contributed by atoms with E-state index in [1.54, 1.807) is 31.2 Å². The van der Waals surface area contributed by atoms with Crippen molar-refractivity contribution in [3.63, 3.8) is 0 Å². The summed E-state index contributed by atoms with van der Waals surface area (Å²) in [5, 5.41) is 12.0. The number of amides is 1. The van der Waals surface area contributed by atoms with E-state index in [0.717, 1.165) is 5.56 Å². The second kappa shape index (κ2) is 7.76. The molecule has 104 valence electrons. The van der Waals surface area contributed by atoms with Crippen molar-refractivity contribution in [2.45, 2.75) is 19.4 Å². The molecule has 0 fully saturated rings. The average Bonchev–Trinajstić information content (AvgIpc) is 2.35. The molecule has 6 heteroatoms. The summed E-state index contributed by atoms with van der Waals surface area (Å²) in [6.45, 7) is 2.02. The molecule has 1 aromatic rings. The number of ether oxygens (including phenoxy) is 1. The van der Waals surface area contributed by atoms with Crippen LogP contribution >= 0.6 is 11.6 Å². The first-order chi connectivity index (χ1) is 9.02. The molecule has 0 aromatic heterocycles. The van der Waals surface area contributed by atoms with Crippen LogP contribution in [-0.2, 0) is 20.7 Å². The highest BCUT2D eigenvalue weighted by atomic mass is 35.5. The zero-order valence-electron chi connectivity index (χ0n) is 10.6. The molecule has 1 atom stereocenters. The second-order valence-electron chi connectivity index (χ2n) is 3.93. The Hall–Kier alpha value is -1.59. The first kappa shape index (κ1) is 15.5. The fraction of sp³-hybridized carbons (Fsp3) is 0.385. The molecule has 0 aliphatic carbocycles. The number of hydrogen-bond donors (Lipinski definition) is 2. The largest absolute Gasteiger partial charge is 0.480 e. The summed E-state index contributed by atoms with van der Waals surface area (Å²) in [5.74, 6) is -1.54. The van der Waals surface area contributed by atoms with Gasteiger partial charge >= 0.3 is 5.97 Å². The molecule has 0 spiro atoms. The number of carboxylic acid groups (broad SMARTS) is 1. The molecule has 0 saturated heterocycles. The lowest BCUT2D eigenvalue weighted by Gasteiger charge is -2.14. The fourth-order valence-electron chi connectivity index (χ4n) is 1.53. The van der Waals surface area contributed by atoms with E-state index >= 15 is 0 Å². The van der Waals surface area contributed by atoms with Crippen LogP contribution in [0.2, 0.25) is 5.02 Å². The molecule has 0 heterocycles. The topological polar surface area (TPSA) is 75.6 Å². The molecule has 2 N–H and O–H groups in total. The molecule has 0 saturated carbocycles. The summed E-state index contributed by atoms with van der Waals surface area (Å²) in [4.78, 5) is 22.6. The number of carboxylic acids is 1. The monoisotopic (exact) mass is 285 g/mol. The highest BCUT2D eigenvalue weighted by Gasteiger charge is 2.20. The van der Waals surface area contributed by atoms with Gasteiger partial charge in [-0.3, -0.25) is 4.79 Å². The molecule has 0 unspecified atom stereocenters. The predicted molar refractivity (Wildman–Crippen MR) is 71.2 cm³/mol. The van der Waals surface area contributed by atoms with Crippen molar-refractivity contribution in [1.82, 2.24) is 5.32 Å². The minimum Gasteiger partial charge on any atom is -0.480 e. The third-order valence-electron chi connectivity index (χ3n) is 2.40. The van der Waals surface area contributed by atoms with Crippen molar-refractivity contribution in [3.8, 4) is 0 Å². The van der Waals surface area contributed by atoms with E-state index < -0.39 is 17.9 Å². The van der Waals surface area contributed by atoms with Crippen molar-refractivity contribution in [2.24, 2.45) is 0 Å². The smallest absolute Gasteiger partial charge is 0.326 e. The molecule has 1 amide bonds. The Kier molecular flexibility index (Phi) is 6.32. The standard InChI is InChI=1S/C13H16ClNO4/c1-2-19-8-12(16)15-11(13(17)18)7-9-4-3-5-10(14)6-9/h3-6,11H,2,7-8H2,1H3,(H,15,16)(H,17,18)/t11-/m0/s1. The van der Waals surface area contributed by atoms with Crippen molar-refractivity contribution < 1.29 is 19.4 Å². The highest BCUT2D eigenvalue weighted by Crippen LogP contribution is 2.12. The van der Waals surface area contributed by atoms with Gasteiger partial charge in [-0.15, -0.1) is 0 Å². The number of carbonyl (C=O) groups excluding carboxylic acids is 1. The number of carbonyl (C=O) groups is 2. The van der Waals surface area contributed by atoms with Crippen LogP contribution in [0.3, 0.4) is 0 Å². The average molecular weight is 286 g/mol. The van der Waals surface area contributed by atoms with Crippen LogP contribution in [0.25, 0.3) is 0 Å². The van der Waals surface area contributed by atoms with Crippen LogP contribution in [0.1, 0.15) is 12.5 Å². The normalized spacial score (nSPS) is 11.9. The molecule has 5 nitrogen and oxygen atoms in total. The van der Waals surface area contributed by atoms with Gasteiger partial charge < -0.3 is 15.2 Å². The zero-order chi connectivity index (χ0) is 14.3. The van der Waals surface area contributed by atoms with Crippen LogP contribution in [0.4, 0.5) is 0 Å². The van der Waals surface area contributed by atoms with Gasteiger partial charge in [0.25, 0.3) is 0 Å². The third kappa shape index (κ3) is 5.72. The molecule has 0 radical (unpaired) electrons. The summed E-state index contributed by atoms with van der Waals surface area (Å²) >= 11 is 5.83. The minimum absolute atomic E-state index is 0.143. The Morgan fingerprint density at radius 2 is 2.21 bits per heavy atom. The van der Waals surface area contributed by atoms with Gasteiger partial charge in [0, 0.05) is 18.1 Å². The van der Waals surface area contributed by atoms with Gasteiger partial charge in [-0.2, -0.15) is 0 Å². The first-order valence-corrected chi connectivity index (χ1v) is 6.25. The van der Waals surface area contributed by atoms with E-state index in [1.807, 2.05) is 0 Å². The Bertz CT molecular complexity index is 450. The number of benzene rings is 1. The lowest BCUT2D eigenvalue weighted by molar-refractivity contribution is -0.142. The van der Waals surface area contributed by atoms with Crippen LogP contribution in [0.5, 0.6) is 0 Å². The highest BCUT2D eigenvalue weighted by molar-refractivity contribution is 6.30. The quantitative estimate of drug-likeness (QED) is 0.796. The van der Waals surface area contributed by atoms with Crippen molar-refractivity contribution in [3.05, 3.63) is 34.9 Å². The Balaban J connectivity index is 2.63. The van der Waals surface area contributed by atoms with Crippen LogP contribution in [0, 0.1) is 0 Å². The maximum absolute atomic E-state index is 11.4. The van der Waals surface area contributed by atoms with E-state index in [1.165, 1.54) is 0 Å². The van der Waals surface area contributed by atoms with Gasteiger partial charge in [0.15, 0.2) is 0 Å². The van der Waals surface area contributed by atoms with Crippen molar-refractivity contribution >= 4 is 23.5 Å². The summed E-state index contributed by atoms with van der Waals surface area (Å²) in [7, 11) is 0. The molecule has 0 aliphatic heterocycles. The Morgan fingerprint density at radius 1 is 1.47 bits per heavy atom. The maximum atomic E-state index is 11.4. The summed E-state index contributed by atoms with van der Waals surface area (Å²) in [5.41, 5.74) is 0.747. The van der Waals surface area contributed by atoms with Gasteiger partial charge in [-0.05, 0) is 24.6 Å². The molecule has 0 aliphatic rings. The number of rotatable bonds is 7. The van der Waals surface area contributed by atoms with Gasteiger partial charge in [-0.1, -0.05) is 23.7 Å². The number of hydrogen-bond acceptors (Lipinski definition) is 3. The van der Waals surface area contributed by atoms with E-state index in [0.29, 0.717) is 11.6 Å².